The molecule has 0 bridgehead atoms. The van der Waals surface area contributed by atoms with Crippen LogP contribution in [0.25, 0.3) is 6.08 Å². The van der Waals surface area contributed by atoms with Crippen LogP contribution in [0.3, 0.4) is 0 Å². The third-order valence-electron chi connectivity index (χ3n) is 4.26. The first-order valence-corrected chi connectivity index (χ1v) is 8.91. The molecule has 0 saturated carbocycles. The van der Waals surface area contributed by atoms with Crippen molar-refractivity contribution in [2.24, 2.45) is 4.99 Å². The zero-order valence-electron chi connectivity index (χ0n) is 13.9. The van der Waals surface area contributed by atoms with Crippen molar-refractivity contribution in [3.63, 3.8) is 0 Å². The van der Waals surface area contributed by atoms with Crippen LogP contribution < -0.4 is 10.3 Å². The Labute approximate surface area is 144 Å². The predicted octanol–water partition coefficient (Wildman–Crippen LogP) is 4.07. The fourth-order valence-corrected chi connectivity index (χ4v) is 4.23. The molecule has 1 atom stereocenters. The van der Waals surface area contributed by atoms with Crippen LogP contribution in [-0.2, 0) is 0 Å². The summed E-state index contributed by atoms with van der Waals surface area (Å²) in [6.45, 7) is 6.56. The molecule has 4 rings (SSSR count). The number of para-hydroxylation sites is 1. The third-order valence-corrected chi connectivity index (χ3v) is 5.46. The number of benzene rings is 1. The van der Waals surface area contributed by atoms with E-state index in [1.165, 1.54) is 0 Å². The molecule has 0 radical (unpaired) electrons. The molecular weight excluding hydrogens is 322 g/mol. The van der Waals surface area contributed by atoms with Gasteiger partial charge in [-0.1, -0.05) is 30.0 Å². The molecular formula is C18H19N3O2S. The Morgan fingerprint density at radius 2 is 2.17 bits per heavy atom. The summed E-state index contributed by atoms with van der Waals surface area (Å²) >= 11 is 1.62. The minimum Gasteiger partial charge on any atom is -0.489 e. The molecule has 2 aliphatic rings. The maximum absolute atomic E-state index is 12.6. The van der Waals surface area contributed by atoms with Crippen LogP contribution >= 0.6 is 11.8 Å². The van der Waals surface area contributed by atoms with Crippen LogP contribution in [0, 0.1) is 0 Å². The van der Waals surface area contributed by atoms with Gasteiger partial charge in [-0.2, -0.15) is 0 Å². The third kappa shape index (κ3) is 2.41. The van der Waals surface area contributed by atoms with Crippen LogP contribution in [0.15, 0.2) is 39.6 Å². The Morgan fingerprint density at radius 1 is 1.38 bits per heavy atom. The zero-order valence-corrected chi connectivity index (χ0v) is 14.7. The van der Waals surface area contributed by atoms with Crippen molar-refractivity contribution in [2.45, 2.75) is 32.1 Å². The molecule has 3 heterocycles. The van der Waals surface area contributed by atoms with Crippen molar-refractivity contribution >= 4 is 28.7 Å². The highest BCUT2D eigenvalue weighted by atomic mass is 32.2. The van der Waals surface area contributed by atoms with Crippen molar-refractivity contribution in [2.75, 3.05) is 6.61 Å². The number of thioether (sulfide) groups is 1. The number of nitrogens with one attached hydrogen (secondary N) is 1. The second-order valence-corrected chi connectivity index (χ2v) is 7.61. The lowest BCUT2D eigenvalue weighted by molar-refractivity contribution is 0.344. The molecule has 2 aliphatic heterocycles. The number of nitrogens with zero attached hydrogens (tertiary/aromatic N) is 2. The number of aliphatic imine (C=N–C) groups is 1. The monoisotopic (exact) mass is 341 g/mol. The fraction of sp³-hybridized carbons (Fsp3) is 0.333. The normalized spacial score (nSPS) is 19.2. The quantitative estimate of drug-likeness (QED) is 0.896. The fourth-order valence-electron chi connectivity index (χ4n) is 3.13. The van der Waals surface area contributed by atoms with Crippen molar-refractivity contribution in [1.82, 2.24) is 9.78 Å². The Kier molecular flexibility index (Phi) is 3.64. The van der Waals surface area contributed by atoms with E-state index in [1.807, 2.05) is 49.7 Å². The number of aromatic amines is 1. The molecule has 1 N–H and O–H groups in total. The Hall–Kier alpha value is -2.21. The van der Waals surface area contributed by atoms with Crippen LogP contribution in [0.5, 0.6) is 5.75 Å². The number of H-pyrrole nitrogens is 1. The van der Waals surface area contributed by atoms with Gasteiger partial charge in [-0.15, -0.1) is 0 Å². The van der Waals surface area contributed by atoms with E-state index in [1.54, 1.807) is 11.8 Å². The lowest BCUT2D eigenvalue weighted by atomic mass is 10.0. The van der Waals surface area contributed by atoms with Crippen LogP contribution in [0.2, 0.25) is 0 Å². The minimum absolute atomic E-state index is 0.0605. The van der Waals surface area contributed by atoms with E-state index in [-0.39, 0.29) is 16.9 Å². The van der Waals surface area contributed by atoms with E-state index >= 15 is 0 Å². The number of fused-ring (bicyclic) bond motifs is 2. The summed E-state index contributed by atoms with van der Waals surface area (Å²) in [5.41, 5.74) is 2.82. The number of ether oxygens (including phenoxy) is 1. The van der Waals surface area contributed by atoms with Gasteiger partial charge in [-0.25, -0.2) is 4.99 Å². The largest absolute Gasteiger partial charge is 0.489 e. The molecule has 6 heteroatoms. The number of aromatic nitrogens is 2. The van der Waals surface area contributed by atoms with Gasteiger partial charge in [0.1, 0.15) is 12.4 Å². The van der Waals surface area contributed by atoms with Gasteiger partial charge in [0.2, 0.25) is 0 Å². The first kappa shape index (κ1) is 15.3. The number of hydrogen-bond donors (Lipinski definition) is 1. The summed E-state index contributed by atoms with van der Waals surface area (Å²) in [7, 11) is 0. The summed E-state index contributed by atoms with van der Waals surface area (Å²) in [6, 6.07) is 8.12. The molecule has 0 amide bonds. The van der Waals surface area contributed by atoms with E-state index < -0.39 is 0 Å². The highest BCUT2D eigenvalue weighted by molar-refractivity contribution is 8.14. The number of hydrogen-bond acceptors (Lipinski definition) is 4. The van der Waals surface area contributed by atoms with Gasteiger partial charge < -0.3 is 4.74 Å². The maximum atomic E-state index is 12.6. The van der Waals surface area contributed by atoms with Crippen molar-refractivity contribution in [1.29, 1.82) is 0 Å². The summed E-state index contributed by atoms with van der Waals surface area (Å²) < 4.78 is 7.75. The van der Waals surface area contributed by atoms with E-state index in [0.717, 1.165) is 33.3 Å². The SMILES string of the molecule is CC1=Nc2c(c(=O)[nH]n2C(C)C)[C@H](C2=Cc3ccccc3OC2)S1. The van der Waals surface area contributed by atoms with Crippen LogP contribution in [-0.4, -0.2) is 21.4 Å². The van der Waals surface area contributed by atoms with Gasteiger partial charge in [0.05, 0.1) is 15.9 Å². The van der Waals surface area contributed by atoms with Gasteiger partial charge in [0, 0.05) is 11.6 Å². The van der Waals surface area contributed by atoms with Crippen molar-refractivity contribution in [3.8, 4) is 5.75 Å². The summed E-state index contributed by atoms with van der Waals surface area (Å²) in [6.07, 6.45) is 2.14. The van der Waals surface area contributed by atoms with Crippen LogP contribution in [0.1, 0.15) is 43.2 Å². The maximum Gasteiger partial charge on any atom is 0.271 e. The first-order valence-electron chi connectivity index (χ1n) is 8.03. The molecule has 0 aliphatic carbocycles. The molecule has 0 fully saturated rings. The van der Waals surface area contributed by atoms with Gasteiger partial charge in [-0.05, 0) is 38.5 Å². The molecule has 2 aromatic rings. The summed E-state index contributed by atoms with van der Waals surface area (Å²) in [5, 5.41) is 3.83. The smallest absolute Gasteiger partial charge is 0.271 e. The summed E-state index contributed by atoms with van der Waals surface area (Å²) in [5.74, 6) is 1.64. The minimum atomic E-state index is -0.0628. The molecule has 1 aromatic carbocycles. The number of rotatable bonds is 2. The standard InChI is InChI=1S/C18H19N3O2S/c1-10(2)21-17-15(18(22)20-21)16(24-11(3)19-17)13-8-12-6-4-5-7-14(12)23-9-13/h4-8,10,16H,9H2,1-3H3,(H,20,22)/t16-/m0/s1. The molecule has 0 spiro atoms. The predicted molar refractivity (Wildman–Crippen MR) is 98.5 cm³/mol. The van der Waals surface area contributed by atoms with E-state index in [2.05, 4.69) is 16.2 Å². The molecule has 1 aromatic heterocycles. The average Bonchev–Trinajstić information content (AvgIpc) is 2.90. The van der Waals surface area contributed by atoms with Gasteiger partial charge in [-0.3, -0.25) is 14.6 Å². The zero-order chi connectivity index (χ0) is 16.8. The summed E-state index contributed by atoms with van der Waals surface area (Å²) in [4.78, 5) is 17.2. The average molecular weight is 341 g/mol. The second-order valence-electron chi connectivity index (χ2n) is 6.32. The Bertz CT molecular complexity index is 921. The van der Waals surface area contributed by atoms with E-state index in [4.69, 9.17) is 4.74 Å². The molecule has 0 saturated heterocycles. The van der Waals surface area contributed by atoms with E-state index in [9.17, 15) is 4.79 Å². The van der Waals surface area contributed by atoms with Crippen molar-refractivity contribution in [3.05, 3.63) is 51.3 Å². The first-order chi connectivity index (χ1) is 11.5. The molecule has 0 unspecified atom stereocenters. The molecule has 24 heavy (non-hydrogen) atoms. The lowest BCUT2D eigenvalue weighted by Gasteiger charge is -2.26. The van der Waals surface area contributed by atoms with E-state index in [0.29, 0.717) is 6.61 Å². The molecule has 124 valence electrons. The van der Waals surface area contributed by atoms with Gasteiger partial charge in [0.25, 0.3) is 5.56 Å². The molecule has 5 nitrogen and oxygen atoms in total. The van der Waals surface area contributed by atoms with Crippen molar-refractivity contribution < 1.29 is 4.74 Å². The lowest BCUT2D eigenvalue weighted by Crippen LogP contribution is -2.19. The topological polar surface area (TPSA) is 59.4 Å². The van der Waals surface area contributed by atoms with Gasteiger partial charge >= 0.3 is 0 Å². The highest BCUT2D eigenvalue weighted by Gasteiger charge is 2.33. The van der Waals surface area contributed by atoms with Crippen LogP contribution in [0.4, 0.5) is 5.82 Å². The van der Waals surface area contributed by atoms with Gasteiger partial charge in [0.15, 0.2) is 5.82 Å². The Balaban J connectivity index is 1.84. The second kappa shape index (κ2) is 5.70. The Morgan fingerprint density at radius 3 is 2.96 bits per heavy atom. The highest BCUT2D eigenvalue weighted by Crippen LogP contribution is 2.46.